The predicted molar refractivity (Wildman–Crippen MR) is 60.7 cm³/mol. The number of allylic oxidation sites excluding steroid dienone is 1. The highest BCUT2D eigenvalue weighted by molar-refractivity contribution is 5.91. The van der Waals surface area contributed by atoms with E-state index in [1.165, 1.54) is 5.56 Å². The Kier molecular flexibility index (Phi) is 2.58. The first-order chi connectivity index (χ1) is 7.20. The van der Waals surface area contributed by atoms with Crippen molar-refractivity contribution in [1.29, 1.82) is 0 Å². The van der Waals surface area contributed by atoms with Crippen LogP contribution in [0.25, 0.3) is 0 Å². The summed E-state index contributed by atoms with van der Waals surface area (Å²) in [5, 5.41) is 2.99. The standard InChI is InChI=1S/C13H15NO/c1-9-5-3-4-6-11(9)13-10(2)7-14-8-12(13)15/h3-7,13-14H,8H2,1-2H3. The second-order valence-electron chi connectivity index (χ2n) is 4.03. The lowest BCUT2D eigenvalue weighted by molar-refractivity contribution is -0.119. The van der Waals surface area contributed by atoms with E-state index in [-0.39, 0.29) is 11.7 Å². The average molecular weight is 201 g/mol. The van der Waals surface area contributed by atoms with Gasteiger partial charge in [-0.25, -0.2) is 0 Å². The highest BCUT2D eigenvalue weighted by Crippen LogP contribution is 2.28. The highest BCUT2D eigenvalue weighted by atomic mass is 16.1. The molecule has 0 bridgehead atoms. The number of rotatable bonds is 1. The maximum absolute atomic E-state index is 11.9. The van der Waals surface area contributed by atoms with Gasteiger partial charge in [0.05, 0.1) is 12.5 Å². The van der Waals surface area contributed by atoms with E-state index in [0.717, 1.165) is 11.1 Å². The average Bonchev–Trinajstić information content (AvgIpc) is 2.20. The second kappa shape index (κ2) is 3.89. The molecule has 0 aromatic heterocycles. The molecule has 1 aromatic rings. The Morgan fingerprint density at radius 1 is 1.27 bits per heavy atom. The number of ketones is 1. The molecule has 1 aliphatic heterocycles. The molecule has 0 radical (unpaired) electrons. The Morgan fingerprint density at radius 2 is 2.00 bits per heavy atom. The summed E-state index contributed by atoms with van der Waals surface area (Å²) in [7, 11) is 0. The zero-order chi connectivity index (χ0) is 10.8. The molecular weight excluding hydrogens is 186 g/mol. The van der Waals surface area contributed by atoms with Gasteiger partial charge in [-0.3, -0.25) is 4.79 Å². The lowest BCUT2D eigenvalue weighted by Crippen LogP contribution is -2.30. The maximum atomic E-state index is 11.9. The third-order valence-electron chi connectivity index (χ3n) is 2.88. The molecule has 1 unspecified atom stereocenters. The van der Waals surface area contributed by atoms with Crippen LogP contribution in [0.3, 0.4) is 0 Å². The molecule has 0 amide bonds. The van der Waals surface area contributed by atoms with Crippen LogP contribution >= 0.6 is 0 Å². The Labute approximate surface area is 90.0 Å². The van der Waals surface area contributed by atoms with E-state index < -0.39 is 0 Å². The Morgan fingerprint density at radius 3 is 2.67 bits per heavy atom. The van der Waals surface area contributed by atoms with Crippen molar-refractivity contribution >= 4 is 5.78 Å². The molecule has 0 spiro atoms. The maximum Gasteiger partial charge on any atom is 0.163 e. The largest absolute Gasteiger partial charge is 0.384 e. The number of aryl methyl sites for hydroxylation is 1. The van der Waals surface area contributed by atoms with Crippen LogP contribution in [0.15, 0.2) is 36.0 Å². The zero-order valence-corrected chi connectivity index (χ0v) is 9.08. The monoisotopic (exact) mass is 201 g/mol. The molecule has 0 fully saturated rings. The fraction of sp³-hybridized carbons (Fsp3) is 0.308. The third-order valence-corrected chi connectivity index (χ3v) is 2.88. The third kappa shape index (κ3) is 1.80. The number of hydrogen-bond donors (Lipinski definition) is 1. The van der Waals surface area contributed by atoms with Crippen LogP contribution in [0, 0.1) is 6.92 Å². The van der Waals surface area contributed by atoms with Crippen LogP contribution in [0.1, 0.15) is 24.0 Å². The Balaban J connectivity index is 2.45. The molecule has 2 rings (SSSR count). The van der Waals surface area contributed by atoms with Crippen molar-refractivity contribution in [3.63, 3.8) is 0 Å². The van der Waals surface area contributed by atoms with Gasteiger partial charge in [0, 0.05) is 0 Å². The summed E-state index contributed by atoms with van der Waals surface area (Å²) in [6.45, 7) is 4.50. The quantitative estimate of drug-likeness (QED) is 0.754. The van der Waals surface area contributed by atoms with E-state index >= 15 is 0 Å². The molecule has 0 aliphatic carbocycles. The normalized spacial score (nSPS) is 20.8. The molecule has 1 heterocycles. The van der Waals surface area contributed by atoms with Gasteiger partial charge in [0.2, 0.25) is 0 Å². The van der Waals surface area contributed by atoms with Crippen molar-refractivity contribution in [2.75, 3.05) is 6.54 Å². The van der Waals surface area contributed by atoms with Crippen molar-refractivity contribution in [1.82, 2.24) is 5.32 Å². The minimum atomic E-state index is -0.0487. The molecule has 1 aliphatic rings. The van der Waals surface area contributed by atoms with E-state index in [9.17, 15) is 4.79 Å². The predicted octanol–water partition coefficient (Wildman–Crippen LogP) is 2.15. The van der Waals surface area contributed by atoms with Gasteiger partial charge in [0.25, 0.3) is 0 Å². The number of benzene rings is 1. The molecule has 1 N–H and O–H groups in total. The summed E-state index contributed by atoms with van der Waals surface area (Å²) < 4.78 is 0. The first-order valence-corrected chi connectivity index (χ1v) is 5.18. The van der Waals surface area contributed by atoms with Gasteiger partial charge >= 0.3 is 0 Å². The fourth-order valence-electron chi connectivity index (χ4n) is 2.08. The molecule has 2 heteroatoms. The second-order valence-corrected chi connectivity index (χ2v) is 4.03. The van der Waals surface area contributed by atoms with Crippen LogP contribution < -0.4 is 5.32 Å². The fourth-order valence-corrected chi connectivity index (χ4v) is 2.08. The van der Waals surface area contributed by atoms with E-state index in [0.29, 0.717) is 6.54 Å². The van der Waals surface area contributed by atoms with Gasteiger partial charge in [0.15, 0.2) is 5.78 Å². The van der Waals surface area contributed by atoms with Crippen molar-refractivity contribution in [3.05, 3.63) is 47.2 Å². The number of carbonyl (C=O) groups is 1. The number of hydrogen-bond acceptors (Lipinski definition) is 2. The van der Waals surface area contributed by atoms with Crippen molar-refractivity contribution < 1.29 is 4.79 Å². The van der Waals surface area contributed by atoms with Crippen LogP contribution in [0.4, 0.5) is 0 Å². The molecule has 0 saturated carbocycles. The minimum Gasteiger partial charge on any atom is -0.384 e. The van der Waals surface area contributed by atoms with E-state index in [1.54, 1.807) is 0 Å². The molecule has 15 heavy (non-hydrogen) atoms. The van der Waals surface area contributed by atoms with Crippen LogP contribution in [-0.4, -0.2) is 12.3 Å². The summed E-state index contributed by atoms with van der Waals surface area (Å²) in [6, 6.07) is 8.09. The molecule has 1 aromatic carbocycles. The van der Waals surface area contributed by atoms with Crippen molar-refractivity contribution in [3.8, 4) is 0 Å². The highest BCUT2D eigenvalue weighted by Gasteiger charge is 2.25. The smallest absolute Gasteiger partial charge is 0.163 e. The van der Waals surface area contributed by atoms with Crippen molar-refractivity contribution in [2.24, 2.45) is 0 Å². The summed E-state index contributed by atoms with van der Waals surface area (Å²) in [5.41, 5.74) is 3.42. The van der Waals surface area contributed by atoms with E-state index in [2.05, 4.69) is 18.3 Å². The lowest BCUT2D eigenvalue weighted by Gasteiger charge is -2.23. The minimum absolute atomic E-state index is 0.0487. The van der Waals surface area contributed by atoms with Crippen molar-refractivity contribution in [2.45, 2.75) is 19.8 Å². The van der Waals surface area contributed by atoms with Crippen LogP contribution in [0.2, 0.25) is 0 Å². The van der Waals surface area contributed by atoms with Gasteiger partial charge in [-0.15, -0.1) is 0 Å². The SMILES string of the molecule is CC1=CNCC(=O)C1c1ccccc1C. The molecule has 2 nitrogen and oxygen atoms in total. The van der Waals surface area contributed by atoms with Crippen LogP contribution in [-0.2, 0) is 4.79 Å². The molecular formula is C13H15NO. The van der Waals surface area contributed by atoms with Gasteiger partial charge in [0.1, 0.15) is 0 Å². The first kappa shape index (κ1) is 9.97. The topological polar surface area (TPSA) is 29.1 Å². The van der Waals surface area contributed by atoms with Gasteiger partial charge < -0.3 is 5.32 Å². The summed E-state index contributed by atoms with van der Waals surface area (Å²) in [5.74, 6) is 0.205. The molecule has 1 atom stereocenters. The number of carbonyl (C=O) groups excluding carboxylic acids is 1. The number of Topliss-reactive ketones (excluding diaryl/α,β-unsaturated/α-hetero) is 1. The van der Waals surface area contributed by atoms with Gasteiger partial charge in [-0.05, 0) is 36.7 Å². The number of nitrogens with one attached hydrogen (secondary N) is 1. The summed E-state index contributed by atoms with van der Waals surface area (Å²) in [4.78, 5) is 11.9. The Bertz CT molecular complexity index is 420. The summed E-state index contributed by atoms with van der Waals surface area (Å²) >= 11 is 0. The lowest BCUT2D eigenvalue weighted by atomic mass is 9.84. The molecule has 0 saturated heterocycles. The van der Waals surface area contributed by atoms with E-state index in [1.807, 2.05) is 31.3 Å². The first-order valence-electron chi connectivity index (χ1n) is 5.18. The zero-order valence-electron chi connectivity index (χ0n) is 9.08. The van der Waals surface area contributed by atoms with Crippen LogP contribution in [0.5, 0.6) is 0 Å². The Hall–Kier alpha value is -1.57. The van der Waals surface area contributed by atoms with Gasteiger partial charge in [-0.1, -0.05) is 24.3 Å². The summed E-state index contributed by atoms with van der Waals surface area (Å²) in [6.07, 6.45) is 1.94. The van der Waals surface area contributed by atoms with E-state index in [4.69, 9.17) is 0 Å². The molecule has 78 valence electrons. The van der Waals surface area contributed by atoms with Gasteiger partial charge in [-0.2, -0.15) is 0 Å².